The highest BCUT2D eigenvalue weighted by Gasteiger charge is 2.42. The third-order valence-electron chi connectivity index (χ3n) is 2.67. The van der Waals surface area contributed by atoms with Crippen LogP contribution in [0.15, 0.2) is 12.2 Å². The molecule has 1 aliphatic rings. The zero-order valence-corrected chi connectivity index (χ0v) is 10.1. The van der Waals surface area contributed by atoms with E-state index in [0.29, 0.717) is 19.8 Å². The number of carbonyl (C=O) groups is 1. The fraction of sp³-hybridized carbons (Fsp3) is 0.750. The molecule has 1 fully saturated rings. The van der Waals surface area contributed by atoms with E-state index in [2.05, 4.69) is 11.9 Å². The summed E-state index contributed by atoms with van der Waals surface area (Å²) in [6, 6.07) is 0. The lowest BCUT2D eigenvalue weighted by molar-refractivity contribution is -0.126. The zero-order chi connectivity index (χ0) is 12.9. The molecule has 5 heteroatoms. The van der Waals surface area contributed by atoms with Crippen molar-refractivity contribution in [2.45, 2.75) is 32.1 Å². The van der Waals surface area contributed by atoms with Crippen molar-refractivity contribution in [3.05, 3.63) is 12.2 Å². The number of alkyl halides is 2. The van der Waals surface area contributed by atoms with E-state index in [-0.39, 0.29) is 25.2 Å². The molecule has 0 aromatic carbocycles. The second kappa shape index (κ2) is 6.10. The molecule has 3 nitrogen and oxygen atoms in total. The maximum absolute atomic E-state index is 12.9. The average Bonchev–Trinajstić information content (AvgIpc) is 2.57. The summed E-state index contributed by atoms with van der Waals surface area (Å²) in [5, 5.41) is 2.61. The summed E-state index contributed by atoms with van der Waals surface area (Å²) in [6.07, 6.45) is -0.242. The number of hydrogen-bond donors (Lipinski definition) is 1. The molecule has 0 saturated heterocycles. The van der Waals surface area contributed by atoms with Gasteiger partial charge in [0.25, 0.3) is 0 Å². The Kier molecular flexibility index (Phi) is 5.05. The van der Waals surface area contributed by atoms with Crippen LogP contribution in [0.5, 0.6) is 0 Å². The monoisotopic (exact) mass is 247 g/mol. The second-order valence-electron chi connectivity index (χ2n) is 4.60. The van der Waals surface area contributed by atoms with Crippen molar-refractivity contribution in [3.8, 4) is 0 Å². The number of carbonyl (C=O) groups excluding carboxylic acids is 1. The summed E-state index contributed by atoms with van der Waals surface area (Å²) in [6.45, 7) is 6.71. The van der Waals surface area contributed by atoms with Crippen LogP contribution < -0.4 is 5.32 Å². The van der Waals surface area contributed by atoms with Gasteiger partial charge in [-0.2, -0.15) is 0 Å². The molecule has 0 heterocycles. The van der Waals surface area contributed by atoms with Gasteiger partial charge in [0, 0.05) is 25.3 Å². The van der Waals surface area contributed by atoms with E-state index in [4.69, 9.17) is 4.74 Å². The summed E-state index contributed by atoms with van der Waals surface area (Å²) < 4.78 is 30.9. The molecule has 0 radical (unpaired) electrons. The van der Waals surface area contributed by atoms with Gasteiger partial charge in [-0.05, 0) is 13.3 Å². The van der Waals surface area contributed by atoms with Gasteiger partial charge in [0.2, 0.25) is 11.8 Å². The minimum Gasteiger partial charge on any atom is -0.375 e. The van der Waals surface area contributed by atoms with Crippen LogP contribution in [0.4, 0.5) is 8.78 Å². The molecule has 1 aliphatic carbocycles. The molecule has 0 bridgehead atoms. The summed E-state index contributed by atoms with van der Waals surface area (Å²) in [4.78, 5) is 11.5. The lowest BCUT2D eigenvalue weighted by Crippen LogP contribution is -2.32. The molecule has 0 spiro atoms. The van der Waals surface area contributed by atoms with Crippen LogP contribution >= 0.6 is 0 Å². The molecule has 1 saturated carbocycles. The van der Waals surface area contributed by atoms with E-state index in [1.807, 2.05) is 6.92 Å². The molecule has 1 rings (SSSR count). The van der Waals surface area contributed by atoms with Gasteiger partial charge in [-0.25, -0.2) is 8.78 Å². The first kappa shape index (κ1) is 14.1. The van der Waals surface area contributed by atoms with Gasteiger partial charge < -0.3 is 10.1 Å². The highest BCUT2D eigenvalue weighted by atomic mass is 19.3. The van der Waals surface area contributed by atoms with Crippen molar-refractivity contribution in [2.24, 2.45) is 5.92 Å². The van der Waals surface area contributed by atoms with Gasteiger partial charge in [-0.1, -0.05) is 12.2 Å². The molecular weight excluding hydrogens is 228 g/mol. The summed E-state index contributed by atoms with van der Waals surface area (Å²) in [5.41, 5.74) is 0.909. The zero-order valence-electron chi connectivity index (χ0n) is 10.1. The average molecular weight is 247 g/mol. The fourth-order valence-electron chi connectivity index (χ4n) is 1.81. The standard InChI is InChI=1S/C12H19F2NO2/c1-9(2)8-17-6-5-15-11(16)10-3-4-12(13,14)7-10/h10H,1,3-8H2,2H3,(H,15,16). The molecular formula is C12H19F2NO2. The van der Waals surface area contributed by atoms with Gasteiger partial charge in [-0.3, -0.25) is 4.79 Å². The predicted molar refractivity (Wildman–Crippen MR) is 60.9 cm³/mol. The quantitative estimate of drug-likeness (QED) is 0.577. The number of halogens is 2. The van der Waals surface area contributed by atoms with E-state index in [1.165, 1.54) is 0 Å². The van der Waals surface area contributed by atoms with Crippen LogP contribution in [0, 0.1) is 5.92 Å². The molecule has 0 aliphatic heterocycles. The fourth-order valence-corrected chi connectivity index (χ4v) is 1.81. The van der Waals surface area contributed by atoms with Gasteiger partial charge in [0.15, 0.2) is 0 Å². The van der Waals surface area contributed by atoms with Gasteiger partial charge in [0.05, 0.1) is 13.2 Å². The molecule has 1 N–H and O–H groups in total. The minimum absolute atomic E-state index is 0.183. The third-order valence-corrected chi connectivity index (χ3v) is 2.67. The van der Waals surface area contributed by atoms with E-state index in [9.17, 15) is 13.6 Å². The Labute approximate surface area is 100 Å². The Morgan fingerprint density at radius 3 is 2.82 bits per heavy atom. The topological polar surface area (TPSA) is 38.3 Å². The van der Waals surface area contributed by atoms with E-state index in [1.54, 1.807) is 0 Å². The lowest BCUT2D eigenvalue weighted by atomic mass is 10.1. The Hall–Kier alpha value is -0.970. The van der Waals surface area contributed by atoms with Crippen molar-refractivity contribution in [2.75, 3.05) is 19.8 Å². The molecule has 1 amide bonds. The second-order valence-corrected chi connectivity index (χ2v) is 4.60. The minimum atomic E-state index is -2.67. The molecule has 0 aromatic rings. The first-order chi connectivity index (χ1) is 7.91. The Balaban J connectivity index is 2.12. The number of hydrogen-bond acceptors (Lipinski definition) is 2. The van der Waals surface area contributed by atoms with Crippen molar-refractivity contribution in [3.63, 3.8) is 0 Å². The summed E-state index contributed by atoms with van der Waals surface area (Å²) in [5.74, 6) is -3.51. The largest absolute Gasteiger partial charge is 0.375 e. The predicted octanol–water partition coefficient (Wildman–Crippen LogP) is 2.13. The molecule has 17 heavy (non-hydrogen) atoms. The Bertz CT molecular complexity index is 292. The van der Waals surface area contributed by atoms with Crippen molar-refractivity contribution in [1.29, 1.82) is 0 Å². The number of nitrogens with one attached hydrogen (secondary N) is 1. The van der Waals surface area contributed by atoms with Gasteiger partial charge in [0.1, 0.15) is 0 Å². The van der Waals surface area contributed by atoms with Crippen molar-refractivity contribution >= 4 is 5.91 Å². The van der Waals surface area contributed by atoms with Gasteiger partial charge in [-0.15, -0.1) is 0 Å². The number of amides is 1. The van der Waals surface area contributed by atoms with Crippen molar-refractivity contribution < 1.29 is 18.3 Å². The van der Waals surface area contributed by atoms with E-state index in [0.717, 1.165) is 5.57 Å². The number of ether oxygens (including phenoxy) is 1. The highest BCUT2D eigenvalue weighted by Crippen LogP contribution is 2.38. The molecule has 1 atom stereocenters. The smallest absolute Gasteiger partial charge is 0.248 e. The maximum Gasteiger partial charge on any atom is 0.248 e. The van der Waals surface area contributed by atoms with Crippen LogP contribution in [-0.2, 0) is 9.53 Å². The first-order valence-electron chi connectivity index (χ1n) is 5.78. The van der Waals surface area contributed by atoms with Gasteiger partial charge >= 0.3 is 0 Å². The maximum atomic E-state index is 12.9. The van der Waals surface area contributed by atoms with Crippen LogP contribution in [0.1, 0.15) is 26.2 Å². The SMILES string of the molecule is C=C(C)COCCNC(=O)C1CCC(F)(F)C1. The summed E-state index contributed by atoms with van der Waals surface area (Å²) in [7, 11) is 0. The van der Waals surface area contributed by atoms with Crippen LogP contribution in [-0.4, -0.2) is 31.6 Å². The molecule has 1 unspecified atom stereocenters. The van der Waals surface area contributed by atoms with E-state index < -0.39 is 11.8 Å². The van der Waals surface area contributed by atoms with Crippen molar-refractivity contribution in [1.82, 2.24) is 5.32 Å². The highest BCUT2D eigenvalue weighted by molar-refractivity contribution is 5.79. The molecule has 0 aromatic heterocycles. The first-order valence-corrected chi connectivity index (χ1v) is 5.78. The molecule has 98 valence electrons. The lowest BCUT2D eigenvalue weighted by Gasteiger charge is -2.11. The van der Waals surface area contributed by atoms with Crippen LogP contribution in [0.25, 0.3) is 0 Å². The summed E-state index contributed by atoms with van der Waals surface area (Å²) >= 11 is 0. The van der Waals surface area contributed by atoms with Crippen LogP contribution in [0.2, 0.25) is 0 Å². The van der Waals surface area contributed by atoms with E-state index >= 15 is 0 Å². The third kappa shape index (κ3) is 5.26. The number of rotatable bonds is 6. The Morgan fingerprint density at radius 1 is 1.59 bits per heavy atom. The van der Waals surface area contributed by atoms with Crippen LogP contribution in [0.3, 0.4) is 0 Å². The normalized spacial score (nSPS) is 22.4. The Morgan fingerprint density at radius 2 is 2.29 bits per heavy atom.